The summed E-state index contributed by atoms with van der Waals surface area (Å²) in [6.45, 7) is 2.43. The summed E-state index contributed by atoms with van der Waals surface area (Å²) < 4.78 is 10.5. The lowest BCUT2D eigenvalue weighted by Crippen LogP contribution is -2.32. The van der Waals surface area contributed by atoms with Crippen molar-refractivity contribution in [1.29, 1.82) is 0 Å². The van der Waals surface area contributed by atoms with Crippen LogP contribution in [0.2, 0.25) is 0 Å². The fourth-order valence-corrected chi connectivity index (χ4v) is 2.24. The highest BCUT2D eigenvalue weighted by molar-refractivity contribution is 5.81. The van der Waals surface area contributed by atoms with E-state index in [1.807, 2.05) is 37.3 Å². The second-order valence-electron chi connectivity index (χ2n) is 5.43. The Balaban J connectivity index is 1.84. The number of rotatable bonds is 8. The Bertz CT molecular complexity index is 685. The maximum atomic E-state index is 11.9. The van der Waals surface area contributed by atoms with Gasteiger partial charge in [0.1, 0.15) is 11.5 Å². The minimum atomic E-state index is -0.231. The third kappa shape index (κ3) is 4.84. The van der Waals surface area contributed by atoms with E-state index in [0.717, 1.165) is 5.56 Å². The molecule has 126 valence electrons. The third-order valence-electron chi connectivity index (χ3n) is 3.68. The number of amides is 1. The summed E-state index contributed by atoms with van der Waals surface area (Å²) in [6.07, 6.45) is 0.674. The predicted molar refractivity (Wildman–Crippen MR) is 91.7 cm³/mol. The molecular weight excluding hydrogens is 306 g/mol. The molecule has 0 bridgehead atoms. The van der Waals surface area contributed by atoms with Crippen LogP contribution in [0, 0.1) is 0 Å². The molecule has 0 saturated carbocycles. The van der Waals surface area contributed by atoms with E-state index in [2.05, 4.69) is 5.32 Å². The van der Waals surface area contributed by atoms with Crippen molar-refractivity contribution in [3.05, 3.63) is 59.7 Å². The molecule has 0 aliphatic carbocycles. The molecule has 0 unspecified atom stereocenters. The van der Waals surface area contributed by atoms with Crippen molar-refractivity contribution in [2.75, 3.05) is 20.3 Å². The zero-order valence-electron chi connectivity index (χ0n) is 13.8. The topological polar surface area (TPSA) is 64.6 Å². The molecule has 0 spiro atoms. The van der Waals surface area contributed by atoms with Crippen molar-refractivity contribution in [2.24, 2.45) is 0 Å². The van der Waals surface area contributed by atoms with Crippen LogP contribution in [-0.4, -0.2) is 32.5 Å². The quantitative estimate of drug-likeness (QED) is 0.757. The van der Waals surface area contributed by atoms with E-state index in [9.17, 15) is 9.59 Å². The summed E-state index contributed by atoms with van der Waals surface area (Å²) in [4.78, 5) is 23.0. The lowest BCUT2D eigenvalue weighted by atomic mass is 10.0. The molecule has 0 aliphatic rings. The summed E-state index contributed by atoms with van der Waals surface area (Å²) in [5.74, 6) is 0.898. The van der Waals surface area contributed by atoms with Crippen LogP contribution in [0.15, 0.2) is 48.5 Å². The van der Waals surface area contributed by atoms with Crippen molar-refractivity contribution < 1.29 is 19.1 Å². The maximum absolute atomic E-state index is 11.9. The molecule has 24 heavy (non-hydrogen) atoms. The zero-order chi connectivity index (χ0) is 17.4. The van der Waals surface area contributed by atoms with Gasteiger partial charge in [0, 0.05) is 6.54 Å². The lowest BCUT2D eigenvalue weighted by Gasteiger charge is -2.14. The Labute approximate surface area is 141 Å². The smallest absolute Gasteiger partial charge is 0.257 e. The Kier molecular flexibility index (Phi) is 6.37. The summed E-state index contributed by atoms with van der Waals surface area (Å²) in [6, 6.07) is 14.8. The van der Waals surface area contributed by atoms with Gasteiger partial charge in [0.05, 0.1) is 12.7 Å². The van der Waals surface area contributed by atoms with Crippen LogP contribution in [0.25, 0.3) is 0 Å². The molecule has 1 N–H and O–H groups in total. The molecule has 0 fully saturated rings. The van der Waals surface area contributed by atoms with Crippen LogP contribution in [0.1, 0.15) is 28.8 Å². The van der Waals surface area contributed by atoms with Crippen LogP contribution in [0.4, 0.5) is 0 Å². The molecular formula is C19H21NO4. The number of hydrogen-bond acceptors (Lipinski definition) is 4. The number of benzene rings is 2. The van der Waals surface area contributed by atoms with Gasteiger partial charge in [-0.2, -0.15) is 0 Å². The molecule has 0 aliphatic heterocycles. The highest BCUT2D eigenvalue weighted by Gasteiger charge is 2.10. The Hall–Kier alpha value is -2.82. The minimum Gasteiger partial charge on any atom is -0.497 e. The van der Waals surface area contributed by atoms with Gasteiger partial charge in [0.15, 0.2) is 12.9 Å². The first-order chi connectivity index (χ1) is 11.6. The standard InChI is InChI=1S/C19H21NO4/c1-14(15-6-4-3-5-7-15)11-20-19(22)13-24-18-9-8-17(23-2)10-16(18)12-21/h3-10,12,14H,11,13H2,1-2H3,(H,20,22)/t14-/m0/s1. The van der Waals surface area contributed by atoms with E-state index >= 15 is 0 Å². The average Bonchev–Trinajstić information content (AvgIpc) is 2.64. The van der Waals surface area contributed by atoms with E-state index in [4.69, 9.17) is 9.47 Å². The molecule has 0 radical (unpaired) electrons. The molecule has 0 aromatic heterocycles. The van der Waals surface area contributed by atoms with Crippen molar-refractivity contribution in [1.82, 2.24) is 5.32 Å². The van der Waals surface area contributed by atoms with Gasteiger partial charge in [-0.1, -0.05) is 37.3 Å². The fourth-order valence-electron chi connectivity index (χ4n) is 2.24. The number of carbonyl (C=O) groups excluding carboxylic acids is 2. The maximum Gasteiger partial charge on any atom is 0.257 e. The van der Waals surface area contributed by atoms with Crippen molar-refractivity contribution in [3.8, 4) is 11.5 Å². The number of nitrogens with one attached hydrogen (secondary N) is 1. The normalized spacial score (nSPS) is 11.4. The van der Waals surface area contributed by atoms with Gasteiger partial charge in [-0.3, -0.25) is 9.59 Å². The lowest BCUT2D eigenvalue weighted by molar-refractivity contribution is -0.123. The highest BCUT2D eigenvalue weighted by Crippen LogP contribution is 2.22. The zero-order valence-corrected chi connectivity index (χ0v) is 13.8. The Morgan fingerprint density at radius 1 is 1.21 bits per heavy atom. The average molecular weight is 327 g/mol. The van der Waals surface area contributed by atoms with Gasteiger partial charge in [-0.25, -0.2) is 0 Å². The summed E-state index contributed by atoms with van der Waals surface area (Å²) in [5.41, 5.74) is 1.51. The Morgan fingerprint density at radius 2 is 1.96 bits per heavy atom. The molecule has 5 nitrogen and oxygen atoms in total. The Morgan fingerprint density at radius 3 is 2.62 bits per heavy atom. The van der Waals surface area contributed by atoms with Gasteiger partial charge < -0.3 is 14.8 Å². The molecule has 1 atom stereocenters. The van der Waals surface area contributed by atoms with Crippen LogP contribution < -0.4 is 14.8 Å². The van der Waals surface area contributed by atoms with Gasteiger partial charge in [-0.05, 0) is 29.7 Å². The van der Waals surface area contributed by atoms with Crippen LogP contribution >= 0.6 is 0 Å². The van der Waals surface area contributed by atoms with Crippen molar-refractivity contribution in [3.63, 3.8) is 0 Å². The van der Waals surface area contributed by atoms with E-state index < -0.39 is 0 Å². The molecule has 5 heteroatoms. The number of ether oxygens (including phenoxy) is 2. The largest absolute Gasteiger partial charge is 0.497 e. The molecule has 2 aromatic rings. The second-order valence-corrected chi connectivity index (χ2v) is 5.43. The fraction of sp³-hybridized carbons (Fsp3) is 0.263. The number of aldehydes is 1. The van der Waals surface area contributed by atoms with Gasteiger partial charge in [0.2, 0.25) is 0 Å². The van der Waals surface area contributed by atoms with Crippen LogP contribution in [0.3, 0.4) is 0 Å². The summed E-state index contributed by atoms with van der Waals surface area (Å²) in [7, 11) is 1.52. The SMILES string of the molecule is COc1ccc(OCC(=O)NC[C@H](C)c2ccccc2)c(C=O)c1. The molecule has 1 amide bonds. The van der Waals surface area contributed by atoms with E-state index in [1.54, 1.807) is 18.2 Å². The monoisotopic (exact) mass is 327 g/mol. The number of methoxy groups -OCH3 is 1. The second kappa shape index (κ2) is 8.72. The molecule has 2 rings (SSSR count). The first kappa shape index (κ1) is 17.5. The van der Waals surface area contributed by atoms with Gasteiger partial charge in [0.25, 0.3) is 5.91 Å². The van der Waals surface area contributed by atoms with Crippen molar-refractivity contribution in [2.45, 2.75) is 12.8 Å². The number of hydrogen-bond donors (Lipinski definition) is 1. The number of carbonyl (C=O) groups is 2. The summed E-state index contributed by atoms with van der Waals surface area (Å²) in [5, 5.41) is 2.83. The molecule has 2 aromatic carbocycles. The minimum absolute atomic E-state index is 0.144. The molecule has 0 saturated heterocycles. The van der Waals surface area contributed by atoms with E-state index in [0.29, 0.717) is 29.9 Å². The van der Waals surface area contributed by atoms with Crippen LogP contribution in [0.5, 0.6) is 11.5 Å². The predicted octanol–water partition coefficient (Wildman–Crippen LogP) is 2.81. The first-order valence-electron chi connectivity index (χ1n) is 7.71. The first-order valence-corrected chi connectivity index (χ1v) is 7.71. The highest BCUT2D eigenvalue weighted by atomic mass is 16.5. The van der Waals surface area contributed by atoms with Crippen LogP contribution in [-0.2, 0) is 4.79 Å². The van der Waals surface area contributed by atoms with Gasteiger partial charge >= 0.3 is 0 Å². The summed E-state index contributed by atoms with van der Waals surface area (Å²) >= 11 is 0. The van der Waals surface area contributed by atoms with E-state index in [-0.39, 0.29) is 18.4 Å². The van der Waals surface area contributed by atoms with E-state index in [1.165, 1.54) is 7.11 Å². The van der Waals surface area contributed by atoms with Crippen molar-refractivity contribution >= 4 is 12.2 Å². The third-order valence-corrected chi connectivity index (χ3v) is 3.68. The van der Waals surface area contributed by atoms with Gasteiger partial charge in [-0.15, -0.1) is 0 Å². The molecule has 0 heterocycles.